The van der Waals surface area contributed by atoms with Gasteiger partial charge in [0.1, 0.15) is 0 Å². The van der Waals surface area contributed by atoms with Crippen LogP contribution in [-0.4, -0.2) is 31.4 Å². The monoisotopic (exact) mass is 550 g/mol. The van der Waals surface area contributed by atoms with Gasteiger partial charge in [-0.05, 0) is 33.1 Å². The van der Waals surface area contributed by atoms with Crippen molar-refractivity contribution in [3.8, 4) is 0 Å². The summed E-state index contributed by atoms with van der Waals surface area (Å²) in [6.45, 7) is 4.98. The molecule has 0 aromatic carbocycles. The van der Waals surface area contributed by atoms with Gasteiger partial charge in [0.25, 0.3) is 0 Å². The number of carbonyl (C=O) groups excluding carboxylic acids is 2. The Morgan fingerprint density at radius 1 is 0.857 bits per heavy atom. The molecular weight excluding hydrogens is 536 g/mol. The van der Waals surface area contributed by atoms with Crippen LogP contribution in [0.1, 0.15) is 33.1 Å². The summed E-state index contributed by atoms with van der Waals surface area (Å²) >= 11 is 13.9. The number of hydrogen-bond acceptors (Lipinski definition) is 2. The second-order valence-electron chi connectivity index (χ2n) is 6.29. The van der Waals surface area contributed by atoms with Gasteiger partial charge in [-0.3, -0.25) is 9.59 Å². The Labute approximate surface area is 158 Å². The van der Waals surface area contributed by atoms with Gasteiger partial charge in [0, 0.05) is 13.1 Å². The quantitative estimate of drug-likeness (QED) is 0.391. The van der Waals surface area contributed by atoms with Crippen LogP contribution < -0.4 is 10.6 Å². The molecule has 0 unspecified atom stereocenters. The van der Waals surface area contributed by atoms with E-state index in [9.17, 15) is 9.59 Å². The topological polar surface area (TPSA) is 58.2 Å². The van der Waals surface area contributed by atoms with Crippen molar-refractivity contribution in [2.24, 2.45) is 10.8 Å². The molecule has 2 atom stereocenters. The van der Waals surface area contributed by atoms with E-state index in [1.54, 1.807) is 0 Å². The van der Waals surface area contributed by atoms with Gasteiger partial charge in [0.2, 0.25) is 11.8 Å². The van der Waals surface area contributed by atoms with Gasteiger partial charge in [0.15, 0.2) is 0 Å². The van der Waals surface area contributed by atoms with Crippen molar-refractivity contribution in [1.82, 2.24) is 10.6 Å². The highest BCUT2D eigenvalue weighted by Gasteiger charge is 2.67. The number of alkyl halides is 4. The van der Waals surface area contributed by atoms with Gasteiger partial charge in [0.05, 0.1) is 17.3 Å². The van der Waals surface area contributed by atoms with E-state index < -0.39 is 0 Å². The highest BCUT2D eigenvalue weighted by atomic mass is 79.9. The molecule has 120 valence electrons. The zero-order chi connectivity index (χ0) is 16.1. The van der Waals surface area contributed by atoms with Crippen LogP contribution in [0.5, 0.6) is 0 Å². The predicted molar refractivity (Wildman–Crippen MR) is 97.3 cm³/mol. The third kappa shape index (κ3) is 3.38. The Morgan fingerprint density at radius 2 is 1.14 bits per heavy atom. The lowest BCUT2D eigenvalue weighted by atomic mass is 10.1. The largest absolute Gasteiger partial charge is 0.355 e. The highest BCUT2D eigenvalue weighted by molar-refractivity contribution is 9.26. The summed E-state index contributed by atoms with van der Waals surface area (Å²) in [6, 6.07) is 0. The molecule has 0 spiro atoms. The maximum absolute atomic E-state index is 12.0. The maximum Gasteiger partial charge on any atom is 0.228 e. The van der Waals surface area contributed by atoms with Crippen molar-refractivity contribution in [2.45, 2.75) is 39.6 Å². The molecule has 0 radical (unpaired) electrons. The molecule has 0 aliphatic heterocycles. The summed E-state index contributed by atoms with van der Waals surface area (Å²) in [5.41, 5.74) is -0.771. The van der Waals surface area contributed by atoms with E-state index >= 15 is 0 Å². The summed E-state index contributed by atoms with van der Waals surface area (Å²) in [7, 11) is 0. The molecule has 2 fully saturated rings. The van der Waals surface area contributed by atoms with E-state index in [4.69, 9.17) is 0 Å². The first-order valence-electron chi connectivity index (χ1n) is 6.79. The molecule has 0 aromatic rings. The molecule has 0 heterocycles. The lowest BCUT2D eigenvalue weighted by Gasteiger charge is -2.14. The molecule has 0 saturated heterocycles. The van der Waals surface area contributed by atoms with E-state index in [2.05, 4.69) is 74.4 Å². The lowest BCUT2D eigenvalue weighted by molar-refractivity contribution is -0.125. The first-order chi connectivity index (χ1) is 9.46. The first-order valence-corrected chi connectivity index (χ1v) is 9.96. The van der Waals surface area contributed by atoms with Crippen LogP contribution in [0.3, 0.4) is 0 Å². The van der Waals surface area contributed by atoms with E-state index in [1.807, 2.05) is 13.8 Å². The van der Waals surface area contributed by atoms with Crippen molar-refractivity contribution >= 4 is 75.5 Å². The first kappa shape index (κ1) is 18.2. The van der Waals surface area contributed by atoms with Crippen molar-refractivity contribution < 1.29 is 9.59 Å². The van der Waals surface area contributed by atoms with Gasteiger partial charge in [-0.1, -0.05) is 63.7 Å². The van der Waals surface area contributed by atoms with E-state index in [-0.39, 0.29) is 29.1 Å². The molecule has 0 bridgehead atoms. The molecule has 2 N–H and O–H groups in total. The number of rotatable bonds is 6. The summed E-state index contributed by atoms with van der Waals surface area (Å²) in [6.07, 6.45) is 2.28. The second-order valence-corrected chi connectivity index (χ2v) is 13.8. The van der Waals surface area contributed by atoms with Crippen molar-refractivity contribution in [2.75, 3.05) is 13.1 Å². The second kappa shape index (κ2) is 5.74. The fourth-order valence-corrected chi connectivity index (χ4v) is 5.14. The SMILES string of the molecule is C[C@@]1(C(=O)NCCCNC(=O)[C@@]2(C)CC2(Br)Br)CC1(Br)Br. The van der Waals surface area contributed by atoms with Crippen LogP contribution >= 0.6 is 63.7 Å². The third-order valence-electron chi connectivity index (χ3n) is 4.44. The van der Waals surface area contributed by atoms with Crippen molar-refractivity contribution in [1.29, 1.82) is 0 Å². The van der Waals surface area contributed by atoms with Gasteiger partial charge >= 0.3 is 0 Å². The smallest absolute Gasteiger partial charge is 0.228 e. The Morgan fingerprint density at radius 3 is 1.38 bits per heavy atom. The predicted octanol–water partition coefficient (Wildman–Crippen LogP) is 3.40. The molecule has 2 saturated carbocycles. The van der Waals surface area contributed by atoms with Crippen molar-refractivity contribution in [3.63, 3.8) is 0 Å². The van der Waals surface area contributed by atoms with Gasteiger partial charge in [-0.25, -0.2) is 0 Å². The summed E-state index contributed by atoms with van der Waals surface area (Å²) < 4.78 is -0.526. The number of carbonyl (C=O) groups is 2. The van der Waals surface area contributed by atoms with Crippen LogP contribution in [0.4, 0.5) is 0 Å². The van der Waals surface area contributed by atoms with E-state index in [0.717, 1.165) is 19.3 Å². The molecular formula is C13H18Br4N2O2. The molecule has 21 heavy (non-hydrogen) atoms. The Kier molecular flexibility index (Phi) is 4.98. The average molecular weight is 554 g/mol. The molecule has 4 nitrogen and oxygen atoms in total. The van der Waals surface area contributed by atoms with Crippen LogP contribution in [-0.2, 0) is 9.59 Å². The van der Waals surface area contributed by atoms with Crippen molar-refractivity contribution in [3.05, 3.63) is 0 Å². The molecule has 0 aromatic heterocycles. The van der Waals surface area contributed by atoms with E-state index in [1.165, 1.54) is 0 Å². The molecule has 2 amide bonds. The Balaban J connectivity index is 1.61. The zero-order valence-corrected chi connectivity index (χ0v) is 18.2. The zero-order valence-electron chi connectivity index (χ0n) is 11.9. The number of nitrogens with one attached hydrogen (secondary N) is 2. The average Bonchev–Trinajstić information content (AvgIpc) is 3.08. The maximum atomic E-state index is 12.0. The lowest BCUT2D eigenvalue weighted by Crippen LogP contribution is -2.37. The minimum atomic E-state index is -0.386. The standard InChI is InChI=1S/C13H18Br4N2O2/c1-10(6-12(10,14)15)8(20)18-4-3-5-19-9(21)11(2)7-13(11,16)17/h3-7H2,1-2H3,(H,18,20)(H,19,21)/t10-,11+. The minimum absolute atomic E-state index is 0.0386. The fraction of sp³-hybridized carbons (Fsp3) is 0.846. The number of halogens is 4. The summed E-state index contributed by atoms with van der Waals surface area (Å²) in [5.74, 6) is 0.0772. The Hall–Kier alpha value is 0.860. The minimum Gasteiger partial charge on any atom is -0.355 e. The molecule has 2 rings (SSSR count). The molecule has 8 heteroatoms. The number of hydrogen-bond donors (Lipinski definition) is 2. The third-order valence-corrected chi connectivity index (χ3v) is 9.06. The van der Waals surface area contributed by atoms with Gasteiger partial charge in [-0.15, -0.1) is 0 Å². The Bertz CT molecular complexity index is 441. The van der Waals surface area contributed by atoms with Gasteiger partial charge in [-0.2, -0.15) is 0 Å². The number of amides is 2. The van der Waals surface area contributed by atoms with Crippen LogP contribution in [0.15, 0.2) is 0 Å². The molecule has 2 aliphatic carbocycles. The normalized spacial score (nSPS) is 35.0. The fourth-order valence-electron chi connectivity index (χ4n) is 2.17. The van der Waals surface area contributed by atoms with Crippen LogP contribution in [0.2, 0.25) is 0 Å². The van der Waals surface area contributed by atoms with Crippen LogP contribution in [0.25, 0.3) is 0 Å². The van der Waals surface area contributed by atoms with Crippen LogP contribution in [0, 0.1) is 10.8 Å². The summed E-state index contributed by atoms with van der Waals surface area (Å²) in [5, 5.41) is 5.83. The van der Waals surface area contributed by atoms with Gasteiger partial charge < -0.3 is 10.6 Å². The molecule has 2 aliphatic rings. The van der Waals surface area contributed by atoms with E-state index in [0.29, 0.717) is 13.1 Å². The summed E-state index contributed by atoms with van der Waals surface area (Å²) in [4.78, 5) is 24.0. The highest BCUT2D eigenvalue weighted by Crippen LogP contribution is 2.67.